The Balaban J connectivity index is 2.22. The third-order valence-corrected chi connectivity index (χ3v) is 4.11. The minimum absolute atomic E-state index is 0.348. The lowest BCUT2D eigenvalue weighted by molar-refractivity contribution is -0.111. The van der Waals surface area contributed by atoms with E-state index in [9.17, 15) is 9.59 Å². The summed E-state index contributed by atoms with van der Waals surface area (Å²) in [5.74, 6) is 0.648. The molecular formula is C21H23NO6. The van der Waals surface area contributed by atoms with E-state index in [1.165, 1.54) is 34.5 Å². The summed E-state index contributed by atoms with van der Waals surface area (Å²) in [6.45, 7) is 1.74. The molecule has 0 aliphatic rings. The number of ether oxygens (including phenoxy) is 4. The average molecular weight is 385 g/mol. The van der Waals surface area contributed by atoms with Gasteiger partial charge in [-0.05, 0) is 48.4 Å². The lowest BCUT2D eigenvalue weighted by Crippen LogP contribution is -2.11. The topological polar surface area (TPSA) is 83.1 Å². The van der Waals surface area contributed by atoms with E-state index < -0.39 is 5.97 Å². The van der Waals surface area contributed by atoms with Crippen molar-refractivity contribution in [3.05, 3.63) is 53.1 Å². The molecule has 0 saturated heterocycles. The molecule has 2 rings (SSSR count). The van der Waals surface area contributed by atoms with Crippen LogP contribution in [0.1, 0.15) is 21.5 Å². The smallest absolute Gasteiger partial charge is 0.338 e. The van der Waals surface area contributed by atoms with E-state index in [-0.39, 0.29) is 5.91 Å². The van der Waals surface area contributed by atoms with Gasteiger partial charge in [-0.3, -0.25) is 4.79 Å². The van der Waals surface area contributed by atoms with E-state index in [1.807, 2.05) is 0 Å². The Labute approximate surface area is 163 Å². The molecule has 7 heteroatoms. The molecule has 1 amide bonds. The summed E-state index contributed by atoms with van der Waals surface area (Å²) in [6.07, 6.45) is 3.00. The van der Waals surface area contributed by atoms with Crippen LogP contribution in [-0.2, 0) is 9.53 Å². The molecular weight excluding hydrogens is 362 g/mol. The van der Waals surface area contributed by atoms with Gasteiger partial charge >= 0.3 is 5.97 Å². The first-order chi connectivity index (χ1) is 13.4. The molecule has 1 N–H and O–H groups in total. The maximum atomic E-state index is 12.3. The molecule has 0 bridgehead atoms. The van der Waals surface area contributed by atoms with Crippen molar-refractivity contribution >= 4 is 23.6 Å². The van der Waals surface area contributed by atoms with Crippen LogP contribution in [0, 0.1) is 6.92 Å². The van der Waals surface area contributed by atoms with E-state index in [0.717, 1.165) is 0 Å². The summed E-state index contributed by atoms with van der Waals surface area (Å²) in [5, 5.41) is 2.76. The van der Waals surface area contributed by atoms with E-state index in [4.69, 9.17) is 18.9 Å². The number of esters is 1. The fraction of sp³-hybridized carbons (Fsp3) is 0.238. The van der Waals surface area contributed by atoms with Crippen LogP contribution in [0.4, 0.5) is 5.69 Å². The quantitative estimate of drug-likeness (QED) is 0.581. The van der Waals surface area contributed by atoms with Crippen LogP contribution in [0.5, 0.6) is 17.2 Å². The molecule has 0 saturated carbocycles. The van der Waals surface area contributed by atoms with Crippen LogP contribution in [0.3, 0.4) is 0 Å². The second-order valence-corrected chi connectivity index (χ2v) is 5.75. The summed E-state index contributed by atoms with van der Waals surface area (Å²) in [5.41, 5.74) is 2.25. The Kier molecular flexibility index (Phi) is 7.03. The van der Waals surface area contributed by atoms with Gasteiger partial charge < -0.3 is 24.3 Å². The van der Waals surface area contributed by atoms with Gasteiger partial charge in [0.2, 0.25) is 11.7 Å². The number of amides is 1. The average Bonchev–Trinajstić information content (AvgIpc) is 2.72. The molecule has 0 aliphatic heterocycles. The number of anilines is 1. The zero-order valence-corrected chi connectivity index (χ0v) is 16.5. The maximum absolute atomic E-state index is 12.3. The minimum atomic E-state index is -0.457. The second-order valence-electron chi connectivity index (χ2n) is 5.75. The zero-order valence-electron chi connectivity index (χ0n) is 16.5. The molecule has 2 aromatic carbocycles. The number of nitrogens with one attached hydrogen (secondary N) is 1. The Morgan fingerprint density at radius 2 is 1.61 bits per heavy atom. The molecule has 0 radical (unpaired) electrons. The number of methoxy groups -OCH3 is 4. The SMILES string of the molecule is COC(=O)c1cccc(NC(=O)C=Cc2cc(OC)c(OC)c(OC)c2)c1C. The Hall–Kier alpha value is -3.48. The second kappa shape index (κ2) is 9.45. The van der Waals surface area contributed by atoms with Crippen molar-refractivity contribution in [2.24, 2.45) is 0 Å². The van der Waals surface area contributed by atoms with E-state index in [2.05, 4.69) is 5.32 Å². The largest absolute Gasteiger partial charge is 0.493 e. The highest BCUT2D eigenvalue weighted by molar-refractivity contribution is 6.03. The first-order valence-electron chi connectivity index (χ1n) is 8.42. The highest BCUT2D eigenvalue weighted by atomic mass is 16.5. The summed E-state index contributed by atoms with van der Waals surface area (Å²) >= 11 is 0. The molecule has 7 nitrogen and oxygen atoms in total. The predicted octanol–water partition coefficient (Wildman–Crippen LogP) is 3.46. The van der Waals surface area contributed by atoms with Crippen molar-refractivity contribution in [1.82, 2.24) is 0 Å². The number of carbonyl (C=O) groups is 2. The maximum Gasteiger partial charge on any atom is 0.338 e. The Morgan fingerprint density at radius 3 is 2.14 bits per heavy atom. The molecule has 0 heterocycles. The van der Waals surface area contributed by atoms with Gasteiger partial charge in [-0.1, -0.05) is 6.07 Å². The highest BCUT2D eigenvalue weighted by Gasteiger charge is 2.14. The summed E-state index contributed by atoms with van der Waals surface area (Å²) < 4.78 is 20.6. The number of carbonyl (C=O) groups excluding carboxylic acids is 2. The molecule has 2 aromatic rings. The van der Waals surface area contributed by atoms with E-state index >= 15 is 0 Å². The molecule has 28 heavy (non-hydrogen) atoms. The number of hydrogen-bond donors (Lipinski definition) is 1. The zero-order chi connectivity index (χ0) is 20.7. The number of benzene rings is 2. The third kappa shape index (κ3) is 4.62. The first-order valence-corrected chi connectivity index (χ1v) is 8.42. The highest BCUT2D eigenvalue weighted by Crippen LogP contribution is 2.38. The van der Waals surface area contributed by atoms with Crippen molar-refractivity contribution in [3.8, 4) is 17.2 Å². The normalized spacial score (nSPS) is 10.5. The van der Waals surface area contributed by atoms with Gasteiger partial charge in [0.05, 0.1) is 34.0 Å². The van der Waals surface area contributed by atoms with Gasteiger partial charge in [0, 0.05) is 11.8 Å². The van der Waals surface area contributed by atoms with Crippen molar-refractivity contribution in [3.63, 3.8) is 0 Å². The van der Waals surface area contributed by atoms with Gasteiger partial charge in [0.1, 0.15) is 0 Å². The lowest BCUT2D eigenvalue weighted by atomic mass is 10.1. The standard InChI is InChI=1S/C21H23NO6/c1-13-15(21(24)28-5)7-6-8-16(13)22-19(23)10-9-14-11-17(25-2)20(27-4)18(12-14)26-3/h6-12H,1-5H3,(H,22,23). The monoisotopic (exact) mass is 385 g/mol. The minimum Gasteiger partial charge on any atom is -0.493 e. The van der Waals surface area contributed by atoms with Crippen LogP contribution in [0.2, 0.25) is 0 Å². The molecule has 148 valence electrons. The fourth-order valence-electron chi connectivity index (χ4n) is 2.65. The molecule has 0 spiro atoms. The predicted molar refractivity (Wildman–Crippen MR) is 106 cm³/mol. The van der Waals surface area contributed by atoms with Crippen LogP contribution >= 0.6 is 0 Å². The van der Waals surface area contributed by atoms with Gasteiger partial charge in [-0.25, -0.2) is 4.79 Å². The van der Waals surface area contributed by atoms with Gasteiger partial charge in [0.15, 0.2) is 11.5 Å². The fourth-order valence-corrected chi connectivity index (χ4v) is 2.65. The Bertz CT molecular complexity index is 879. The van der Waals surface area contributed by atoms with Crippen LogP contribution in [0.25, 0.3) is 6.08 Å². The lowest BCUT2D eigenvalue weighted by Gasteiger charge is -2.13. The molecule has 0 aliphatic carbocycles. The van der Waals surface area contributed by atoms with Crippen molar-refractivity contribution in [2.75, 3.05) is 33.8 Å². The van der Waals surface area contributed by atoms with Gasteiger partial charge in [0.25, 0.3) is 0 Å². The summed E-state index contributed by atoms with van der Waals surface area (Å²) in [4.78, 5) is 24.1. The van der Waals surface area contributed by atoms with Crippen LogP contribution < -0.4 is 19.5 Å². The Morgan fingerprint density at radius 1 is 0.964 bits per heavy atom. The number of hydrogen-bond acceptors (Lipinski definition) is 6. The van der Waals surface area contributed by atoms with Crippen molar-refractivity contribution in [2.45, 2.75) is 6.92 Å². The van der Waals surface area contributed by atoms with Gasteiger partial charge in [-0.15, -0.1) is 0 Å². The van der Waals surface area contributed by atoms with Crippen molar-refractivity contribution in [1.29, 1.82) is 0 Å². The van der Waals surface area contributed by atoms with E-state index in [0.29, 0.717) is 39.6 Å². The van der Waals surface area contributed by atoms with Gasteiger partial charge in [-0.2, -0.15) is 0 Å². The molecule has 0 aromatic heterocycles. The first kappa shape index (κ1) is 20.8. The van der Waals surface area contributed by atoms with E-state index in [1.54, 1.807) is 43.3 Å². The molecule has 0 unspecified atom stereocenters. The summed E-state index contributed by atoms with van der Waals surface area (Å²) in [7, 11) is 5.88. The molecule has 0 fully saturated rings. The van der Waals surface area contributed by atoms with Crippen LogP contribution in [0.15, 0.2) is 36.4 Å². The third-order valence-electron chi connectivity index (χ3n) is 4.11. The number of rotatable bonds is 7. The van der Waals surface area contributed by atoms with Crippen LogP contribution in [-0.4, -0.2) is 40.3 Å². The molecule has 0 atom stereocenters. The summed E-state index contributed by atoms with van der Waals surface area (Å²) in [6, 6.07) is 8.50. The van der Waals surface area contributed by atoms with Crippen molar-refractivity contribution < 1.29 is 28.5 Å².